The molecule has 0 unspecified atom stereocenters. The maximum atomic E-state index is 5.94. The van der Waals surface area contributed by atoms with Crippen LogP contribution in [-0.4, -0.2) is 57.7 Å². The van der Waals surface area contributed by atoms with E-state index in [0.717, 1.165) is 67.3 Å². The predicted molar refractivity (Wildman–Crippen MR) is 92.5 cm³/mol. The molecule has 1 saturated heterocycles. The number of ether oxygens (including phenoxy) is 1. The van der Waals surface area contributed by atoms with Gasteiger partial charge < -0.3 is 15.5 Å². The zero-order chi connectivity index (χ0) is 16.4. The lowest BCUT2D eigenvalue weighted by Crippen LogP contribution is -2.37. The topological polar surface area (TPSA) is 92.9 Å². The van der Waals surface area contributed by atoms with Crippen molar-refractivity contribution in [1.29, 1.82) is 0 Å². The number of rotatable bonds is 4. The Morgan fingerprint density at radius 2 is 2.12 bits per heavy atom. The van der Waals surface area contributed by atoms with Gasteiger partial charge in [0.15, 0.2) is 0 Å². The Kier molecular flexibility index (Phi) is 4.10. The van der Waals surface area contributed by atoms with E-state index in [4.69, 9.17) is 10.5 Å². The summed E-state index contributed by atoms with van der Waals surface area (Å²) in [6.07, 6.45) is 4.54. The summed E-state index contributed by atoms with van der Waals surface area (Å²) in [5.74, 6) is 0.308. The lowest BCUT2D eigenvalue weighted by molar-refractivity contribution is 0.0383. The molecule has 3 aromatic heterocycles. The molecule has 4 heterocycles. The molecular weight excluding hydrogens is 304 g/mol. The third-order valence-corrected chi connectivity index (χ3v) is 4.31. The molecule has 1 aliphatic heterocycles. The highest BCUT2D eigenvalue weighted by atomic mass is 16.5. The van der Waals surface area contributed by atoms with Gasteiger partial charge in [0.05, 0.1) is 18.9 Å². The molecule has 0 atom stereocenters. The summed E-state index contributed by atoms with van der Waals surface area (Å²) in [7, 11) is 0. The van der Waals surface area contributed by atoms with E-state index in [-0.39, 0.29) is 0 Å². The Morgan fingerprint density at radius 3 is 3.00 bits per heavy atom. The molecular formula is C17H20N6O. The molecule has 24 heavy (non-hydrogen) atoms. The molecule has 124 valence electrons. The lowest BCUT2D eigenvalue weighted by atomic mass is 10.1. The van der Waals surface area contributed by atoms with Crippen LogP contribution in [0, 0.1) is 0 Å². The third-order valence-electron chi connectivity index (χ3n) is 4.31. The number of nitrogens with two attached hydrogens (primary N) is 1. The minimum absolute atomic E-state index is 0.308. The van der Waals surface area contributed by atoms with Crippen LogP contribution in [0.1, 0.15) is 5.69 Å². The Labute approximate surface area is 139 Å². The van der Waals surface area contributed by atoms with E-state index in [2.05, 4.69) is 24.8 Å². The number of anilines is 1. The number of nitrogens with zero attached hydrogens (tertiary/aromatic N) is 4. The first-order valence-corrected chi connectivity index (χ1v) is 8.15. The van der Waals surface area contributed by atoms with Gasteiger partial charge in [-0.1, -0.05) is 0 Å². The van der Waals surface area contributed by atoms with Crippen molar-refractivity contribution < 1.29 is 4.74 Å². The van der Waals surface area contributed by atoms with Gasteiger partial charge in [-0.2, -0.15) is 0 Å². The number of nitrogen functional groups attached to an aromatic ring is 1. The Hall–Kier alpha value is -2.51. The van der Waals surface area contributed by atoms with Crippen LogP contribution >= 0.6 is 0 Å². The van der Waals surface area contributed by atoms with Gasteiger partial charge in [-0.3, -0.25) is 4.90 Å². The molecule has 0 aromatic carbocycles. The number of pyridine rings is 1. The van der Waals surface area contributed by atoms with Crippen molar-refractivity contribution in [3.05, 3.63) is 36.3 Å². The summed E-state index contributed by atoms with van der Waals surface area (Å²) in [6.45, 7) is 4.51. The molecule has 7 nitrogen and oxygen atoms in total. The molecule has 3 aromatic rings. The fourth-order valence-electron chi connectivity index (χ4n) is 3.05. The van der Waals surface area contributed by atoms with Gasteiger partial charge >= 0.3 is 0 Å². The van der Waals surface area contributed by atoms with Gasteiger partial charge in [-0.15, -0.1) is 0 Å². The molecule has 3 N–H and O–H groups in total. The minimum Gasteiger partial charge on any atom is -0.379 e. The zero-order valence-electron chi connectivity index (χ0n) is 13.4. The van der Waals surface area contributed by atoms with Crippen LogP contribution in [0.3, 0.4) is 0 Å². The normalized spacial score (nSPS) is 15.8. The van der Waals surface area contributed by atoms with Crippen molar-refractivity contribution in [3.63, 3.8) is 0 Å². The largest absolute Gasteiger partial charge is 0.379 e. The number of nitrogens with one attached hydrogen (secondary N) is 1. The van der Waals surface area contributed by atoms with Crippen LogP contribution in [0.4, 0.5) is 5.95 Å². The first-order valence-electron chi connectivity index (χ1n) is 8.15. The van der Waals surface area contributed by atoms with Gasteiger partial charge in [0.25, 0.3) is 0 Å². The van der Waals surface area contributed by atoms with E-state index in [0.29, 0.717) is 5.95 Å². The van der Waals surface area contributed by atoms with Gasteiger partial charge in [-0.25, -0.2) is 15.0 Å². The first kappa shape index (κ1) is 15.0. The van der Waals surface area contributed by atoms with E-state index in [1.54, 1.807) is 6.20 Å². The fraction of sp³-hybridized carbons (Fsp3) is 0.353. The molecule has 0 spiro atoms. The molecule has 1 aliphatic rings. The van der Waals surface area contributed by atoms with Crippen molar-refractivity contribution in [2.45, 2.75) is 6.42 Å². The van der Waals surface area contributed by atoms with Crippen molar-refractivity contribution >= 4 is 17.0 Å². The maximum Gasteiger partial charge on any atom is 0.220 e. The van der Waals surface area contributed by atoms with E-state index in [9.17, 15) is 0 Å². The van der Waals surface area contributed by atoms with Crippen LogP contribution in [0.15, 0.2) is 30.6 Å². The Morgan fingerprint density at radius 1 is 1.25 bits per heavy atom. The average molecular weight is 324 g/mol. The number of hydrogen-bond donors (Lipinski definition) is 2. The summed E-state index contributed by atoms with van der Waals surface area (Å²) in [4.78, 5) is 18.7. The predicted octanol–water partition coefficient (Wildman–Crippen LogP) is 1.48. The second-order valence-electron chi connectivity index (χ2n) is 5.91. The number of fused-ring (bicyclic) bond motifs is 1. The second-order valence-corrected chi connectivity index (χ2v) is 5.91. The number of hydrogen-bond acceptors (Lipinski definition) is 6. The summed E-state index contributed by atoms with van der Waals surface area (Å²) in [5.41, 5.74) is 9.58. The molecule has 0 bridgehead atoms. The van der Waals surface area contributed by atoms with E-state index in [1.165, 1.54) is 0 Å². The van der Waals surface area contributed by atoms with E-state index in [1.807, 2.05) is 24.4 Å². The number of aromatic amines is 1. The molecule has 4 rings (SSSR count). The van der Waals surface area contributed by atoms with Crippen LogP contribution in [0.2, 0.25) is 0 Å². The van der Waals surface area contributed by atoms with Crippen molar-refractivity contribution in [2.24, 2.45) is 0 Å². The summed E-state index contributed by atoms with van der Waals surface area (Å²) < 4.78 is 5.38. The highest BCUT2D eigenvalue weighted by Crippen LogP contribution is 2.26. The van der Waals surface area contributed by atoms with Gasteiger partial charge in [0.2, 0.25) is 5.95 Å². The Bertz CT molecular complexity index is 840. The monoisotopic (exact) mass is 324 g/mol. The summed E-state index contributed by atoms with van der Waals surface area (Å²) >= 11 is 0. The van der Waals surface area contributed by atoms with Crippen LogP contribution < -0.4 is 5.73 Å². The van der Waals surface area contributed by atoms with Crippen LogP contribution in [0.5, 0.6) is 0 Å². The minimum atomic E-state index is 0.308. The van der Waals surface area contributed by atoms with Crippen molar-refractivity contribution in [1.82, 2.24) is 24.8 Å². The van der Waals surface area contributed by atoms with E-state index >= 15 is 0 Å². The van der Waals surface area contributed by atoms with E-state index < -0.39 is 0 Å². The lowest BCUT2D eigenvalue weighted by Gasteiger charge is -2.26. The van der Waals surface area contributed by atoms with Crippen LogP contribution in [-0.2, 0) is 11.2 Å². The molecule has 7 heteroatoms. The number of H-pyrrole nitrogens is 1. The third kappa shape index (κ3) is 3.08. The SMILES string of the molecule is Nc1nc(CCN2CCOCC2)cc(-c2c[nH]c3ncccc23)n1. The van der Waals surface area contributed by atoms with Crippen molar-refractivity contribution in [2.75, 3.05) is 38.6 Å². The number of aromatic nitrogens is 4. The molecule has 0 amide bonds. The number of morpholine rings is 1. The average Bonchev–Trinajstić information content (AvgIpc) is 3.05. The molecule has 1 fully saturated rings. The standard InChI is InChI=1S/C17H20N6O/c18-17-21-12(3-5-23-6-8-24-9-7-23)10-15(22-17)14-11-20-16-13(14)2-1-4-19-16/h1-2,4,10-11H,3,5-9H2,(H,19,20)(H2,18,21,22). The molecule has 0 aliphatic carbocycles. The molecule has 0 saturated carbocycles. The highest BCUT2D eigenvalue weighted by Gasteiger charge is 2.13. The fourth-order valence-corrected chi connectivity index (χ4v) is 3.05. The quantitative estimate of drug-likeness (QED) is 0.755. The summed E-state index contributed by atoms with van der Waals surface area (Å²) in [5, 5.41) is 1.04. The van der Waals surface area contributed by atoms with Crippen LogP contribution in [0.25, 0.3) is 22.3 Å². The highest BCUT2D eigenvalue weighted by molar-refractivity contribution is 5.92. The Balaban J connectivity index is 1.59. The summed E-state index contributed by atoms with van der Waals surface area (Å²) in [6, 6.07) is 5.97. The van der Waals surface area contributed by atoms with Gasteiger partial charge in [0, 0.05) is 55.1 Å². The zero-order valence-corrected chi connectivity index (χ0v) is 13.4. The van der Waals surface area contributed by atoms with Crippen molar-refractivity contribution in [3.8, 4) is 11.3 Å². The van der Waals surface area contributed by atoms with Gasteiger partial charge in [0.1, 0.15) is 5.65 Å². The van der Waals surface area contributed by atoms with Gasteiger partial charge in [-0.05, 0) is 18.2 Å². The molecule has 0 radical (unpaired) electrons. The first-order chi connectivity index (χ1) is 11.8. The maximum absolute atomic E-state index is 5.94. The second kappa shape index (κ2) is 6.54. The smallest absolute Gasteiger partial charge is 0.220 e.